The van der Waals surface area contributed by atoms with Crippen molar-refractivity contribution in [2.24, 2.45) is 10.8 Å². The molecule has 1 atom stereocenters. The summed E-state index contributed by atoms with van der Waals surface area (Å²) >= 11 is -1.85. The standard InChI is InChI=1S/C11H21.3CH3.Sn/c1-10(2,3)8-7-9-11(4,5)6;;;;/h7-9H,1-6H3;3*1H3;/b8-7+;;;;. The van der Waals surface area contributed by atoms with Crippen LogP contribution in [0.1, 0.15) is 41.5 Å². The van der Waals surface area contributed by atoms with Crippen LogP contribution < -0.4 is 0 Å². The molecule has 0 radical (unpaired) electrons. The zero-order valence-corrected chi connectivity index (χ0v) is 15.1. The second kappa shape index (κ2) is 4.81. The van der Waals surface area contributed by atoms with E-state index in [2.05, 4.69) is 68.5 Å². The van der Waals surface area contributed by atoms with E-state index in [1.165, 1.54) is 0 Å². The number of rotatable bonds is 2. The molecule has 0 aliphatic heterocycles. The predicted octanol–water partition coefficient (Wildman–Crippen LogP) is 5.34. The Morgan fingerprint density at radius 1 is 0.867 bits per heavy atom. The Hall–Kier alpha value is 0.539. The first-order valence-corrected chi connectivity index (χ1v) is 16.2. The summed E-state index contributed by atoms with van der Waals surface area (Å²) in [5, 5.41) is 0. The van der Waals surface area contributed by atoms with Crippen molar-refractivity contribution >= 4 is 18.4 Å². The van der Waals surface area contributed by atoms with Crippen LogP contribution in [0.25, 0.3) is 0 Å². The molecule has 0 fully saturated rings. The average molecular weight is 317 g/mol. The van der Waals surface area contributed by atoms with Gasteiger partial charge in [-0.2, -0.15) is 0 Å². The summed E-state index contributed by atoms with van der Waals surface area (Å²) in [5.41, 5.74) is 0.747. The van der Waals surface area contributed by atoms with Gasteiger partial charge < -0.3 is 0 Å². The third-order valence-electron chi connectivity index (χ3n) is 2.65. The fourth-order valence-corrected chi connectivity index (χ4v) is 11.6. The van der Waals surface area contributed by atoms with E-state index in [1.807, 2.05) is 0 Å². The van der Waals surface area contributed by atoms with Crippen LogP contribution in [0.15, 0.2) is 12.2 Å². The summed E-state index contributed by atoms with van der Waals surface area (Å²) in [6, 6.07) is 0. The third kappa shape index (κ3) is 6.65. The van der Waals surface area contributed by atoms with E-state index >= 15 is 0 Å². The second-order valence-electron chi connectivity index (χ2n) is 7.93. The normalized spacial score (nSPS) is 17.1. The van der Waals surface area contributed by atoms with Crippen LogP contribution in [0.3, 0.4) is 0 Å². The zero-order chi connectivity index (χ0) is 12.5. The van der Waals surface area contributed by atoms with Gasteiger partial charge in [0.05, 0.1) is 0 Å². The molecule has 0 saturated carbocycles. The van der Waals surface area contributed by atoms with Crippen molar-refractivity contribution in [1.29, 1.82) is 0 Å². The number of hydrogen-bond donors (Lipinski definition) is 0. The quantitative estimate of drug-likeness (QED) is 0.476. The van der Waals surface area contributed by atoms with Crippen molar-refractivity contribution in [3.05, 3.63) is 12.2 Å². The van der Waals surface area contributed by atoms with Crippen molar-refractivity contribution in [3.63, 3.8) is 0 Å². The molecule has 0 amide bonds. The second-order valence-corrected chi connectivity index (χ2v) is 23.2. The summed E-state index contributed by atoms with van der Waals surface area (Å²) < 4.78 is 0.825. The third-order valence-corrected chi connectivity index (χ3v) is 11.0. The Kier molecular flexibility index (Phi) is 4.98. The summed E-state index contributed by atoms with van der Waals surface area (Å²) in [7, 11) is 0. The van der Waals surface area contributed by atoms with Gasteiger partial charge in [0.25, 0.3) is 0 Å². The molecule has 0 aromatic heterocycles. The monoisotopic (exact) mass is 318 g/mol. The van der Waals surface area contributed by atoms with E-state index in [9.17, 15) is 0 Å². The summed E-state index contributed by atoms with van der Waals surface area (Å²) in [4.78, 5) is 7.62. The molecule has 0 bridgehead atoms. The summed E-state index contributed by atoms with van der Waals surface area (Å²) in [6.07, 6.45) is 4.92. The Labute approximate surface area is 101 Å². The fourth-order valence-electron chi connectivity index (χ4n) is 2.26. The molecule has 0 spiro atoms. The van der Waals surface area contributed by atoms with E-state index < -0.39 is 18.4 Å². The maximum absolute atomic E-state index is 2.54. The van der Waals surface area contributed by atoms with Gasteiger partial charge in [-0.25, -0.2) is 0 Å². The molecule has 0 aromatic rings. The van der Waals surface area contributed by atoms with Gasteiger partial charge >= 0.3 is 102 Å². The molecule has 1 unspecified atom stereocenters. The molecule has 0 saturated heterocycles. The van der Waals surface area contributed by atoms with Gasteiger partial charge in [-0.05, 0) is 0 Å². The van der Waals surface area contributed by atoms with Gasteiger partial charge in [0.1, 0.15) is 0 Å². The molecule has 15 heavy (non-hydrogen) atoms. The molecule has 0 rings (SSSR count). The van der Waals surface area contributed by atoms with E-state index in [0.717, 1.165) is 3.93 Å². The number of allylic oxidation sites excluding steroid dienone is 2. The van der Waals surface area contributed by atoms with Crippen LogP contribution in [-0.2, 0) is 0 Å². The molecule has 90 valence electrons. The van der Waals surface area contributed by atoms with Crippen LogP contribution in [-0.4, -0.2) is 18.4 Å². The Morgan fingerprint density at radius 3 is 1.47 bits per heavy atom. The topological polar surface area (TPSA) is 0 Å². The fraction of sp³-hybridized carbons (Fsp3) is 0.857. The van der Waals surface area contributed by atoms with Gasteiger partial charge in [-0.1, -0.05) is 0 Å². The van der Waals surface area contributed by atoms with E-state index in [-0.39, 0.29) is 0 Å². The molecule has 1 heteroatoms. The van der Waals surface area contributed by atoms with Crippen molar-refractivity contribution in [1.82, 2.24) is 0 Å². The SMILES string of the molecule is CC(C)(C)/C=C/[CH](C(C)(C)C)[Sn]([CH3])([CH3])[CH3]. The molecular formula is C14H30Sn. The molecule has 0 aliphatic carbocycles. The van der Waals surface area contributed by atoms with Crippen LogP contribution >= 0.6 is 0 Å². The first-order valence-electron chi connectivity index (χ1n) is 6.03. The summed E-state index contributed by atoms with van der Waals surface area (Å²) in [5.74, 6) is 0. The minimum atomic E-state index is -1.85. The Bertz CT molecular complexity index is 203. The molecule has 0 heterocycles. The van der Waals surface area contributed by atoms with Gasteiger partial charge in [-0.3, -0.25) is 0 Å². The molecule has 0 aromatic carbocycles. The van der Waals surface area contributed by atoms with Gasteiger partial charge in [0.2, 0.25) is 0 Å². The van der Waals surface area contributed by atoms with Crippen molar-refractivity contribution in [2.75, 3.05) is 0 Å². The Balaban J connectivity index is 4.94. The van der Waals surface area contributed by atoms with Crippen molar-refractivity contribution in [3.8, 4) is 0 Å². The molecule has 0 N–H and O–H groups in total. The van der Waals surface area contributed by atoms with Crippen LogP contribution in [0.2, 0.25) is 18.8 Å². The molecule has 0 aliphatic rings. The van der Waals surface area contributed by atoms with Gasteiger partial charge in [0, 0.05) is 0 Å². The first kappa shape index (κ1) is 15.5. The van der Waals surface area contributed by atoms with E-state index in [0.29, 0.717) is 10.8 Å². The minimum absolute atomic E-state index is 0.320. The van der Waals surface area contributed by atoms with Crippen LogP contribution in [0, 0.1) is 10.8 Å². The van der Waals surface area contributed by atoms with Gasteiger partial charge in [0.15, 0.2) is 0 Å². The molecular weight excluding hydrogens is 287 g/mol. The number of hydrogen-bond acceptors (Lipinski definition) is 0. The van der Waals surface area contributed by atoms with Crippen molar-refractivity contribution in [2.45, 2.75) is 60.3 Å². The maximum atomic E-state index is 2.54. The van der Waals surface area contributed by atoms with Crippen LogP contribution in [0.5, 0.6) is 0 Å². The zero-order valence-electron chi connectivity index (χ0n) is 12.2. The Morgan fingerprint density at radius 2 is 1.27 bits per heavy atom. The van der Waals surface area contributed by atoms with Crippen molar-refractivity contribution < 1.29 is 0 Å². The average Bonchev–Trinajstić information content (AvgIpc) is 1.75. The van der Waals surface area contributed by atoms with Gasteiger partial charge in [-0.15, -0.1) is 0 Å². The van der Waals surface area contributed by atoms with E-state index in [1.54, 1.807) is 0 Å². The van der Waals surface area contributed by atoms with E-state index in [4.69, 9.17) is 0 Å². The van der Waals surface area contributed by atoms with Crippen LogP contribution in [0.4, 0.5) is 0 Å². The first-order chi connectivity index (χ1) is 6.34. The summed E-state index contributed by atoms with van der Waals surface area (Å²) in [6.45, 7) is 14.0. The predicted molar refractivity (Wildman–Crippen MR) is 75.1 cm³/mol. The molecule has 0 nitrogen and oxygen atoms in total.